The average Bonchev–Trinajstić information content (AvgIpc) is 2.79. The van der Waals surface area contributed by atoms with E-state index in [1.165, 1.54) is 5.56 Å². The van der Waals surface area contributed by atoms with E-state index in [1.54, 1.807) is 38.7 Å². The summed E-state index contributed by atoms with van der Waals surface area (Å²) in [5.74, 6) is 2.04. The number of nitrogens with one attached hydrogen (secondary N) is 1. The maximum Gasteiger partial charge on any atom is 0.253 e. The number of benzene rings is 2. The van der Waals surface area contributed by atoms with E-state index >= 15 is 0 Å². The highest BCUT2D eigenvalue weighted by molar-refractivity contribution is 5.95. The molecule has 156 valence electrons. The fourth-order valence-electron chi connectivity index (χ4n) is 3.86. The second-order valence-corrected chi connectivity index (χ2v) is 7.52. The number of ether oxygens (including phenoxy) is 2. The third-order valence-corrected chi connectivity index (χ3v) is 5.54. The van der Waals surface area contributed by atoms with E-state index < -0.39 is 0 Å². The number of hydrogen-bond acceptors (Lipinski definition) is 6. The smallest absolute Gasteiger partial charge is 0.253 e. The predicted octanol–water partition coefficient (Wildman–Crippen LogP) is 3.67. The molecule has 2 heterocycles. The number of carbonyl (C=O) groups is 1. The number of aryl methyl sites for hydroxylation is 1. The molecular formula is C23H26N4O3. The summed E-state index contributed by atoms with van der Waals surface area (Å²) in [5.41, 5.74) is 2.71. The summed E-state index contributed by atoms with van der Waals surface area (Å²) >= 11 is 0. The van der Waals surface area contributed by atoms with Gasteiger partial charge >= 0.3 is 0 Å². The fourth-order valence-corrected chi connectivity index (χ4v) is 3.86. The van der Waals surface area contributed by atoms with E-state index in [9.17, 15) is 4.79 Å². The summed E-state index contributed by atoms with van der Waals surface area (Å²) in [4.78, 5) is 23.6. The van der Waals surface area contributed by atoms with E-state index in [-0.39, 0.29) is 11.9 Å². The molecule has 30 heavy (non-hydrogen) atoms. The van der Waals surface area contributed by atoms with Crippen molar-refractivity contribution in [2.75, 3.05) is 32.6 Å². The number of methoxy groups -OCH3 is 2. The highest BCUT2D eigenvalue weighted by Gasteiger charge is 2.25. The summed E-state index contributed by atoms with van der Waals surface area (Å²) in [7, 11) is 3.15. The monoisotopic (exact) mass is 406 g/mol. The lowest BCUT2D eigenvalue weighted by Crippen LogP contribution is -2.42. The van der Waals surface area contributed by atoms with E-state index in [4.69, 9.17) is 9.47 Å². The Labute approximate surface area is 176 Å². The quantitative estimate of drug-likeness (QED) is 0.697. The zero-order valence-corrected chi connectivity index (χ0v) is 17.5. The lowest BCUT2D eigenvalue weighted by Gasteiger charge is -2.33. The van der Waals surface area contributed by atoms with Gasteiger partial charge in [-0.2, -0.15) is 0 Å². The molecule has 0 atom stereocenters. The van der Waals surface area contributed by atoms with Gasteiger partial charge in [0.05, 0.1) is 19.7 Å². The minimum absolute atomic E-state index is 0.0116. The number of anilines is 1. The Morgan fingerprint density at radius 1 is 1.03 bits per heavy atom. The molecule has 0 radical (unpaired) electrons. The predicted molar refractivity (Wildman–Crippen MR) is 116 cm³/mol. The van der Waals surface area contributed by atoms with Crippen LogP contribution in [0.5, 0.6) is 11.5 Å². The third-order valence-electron chi connectivity index (χ3n) is 5.54. The maximum atomic E-state index is 12.9. The first kappa shape index (κ1) is 19.9. The van der Waals surface area contributed by atoms with Gasteiger partial charge in [0.25, 0.3) is 5.91 Å². The van der Waals surface area contributed by atoms with Gasteiger partial charge in [-0.25, -0.2) is 9.97 Å². The number of hydrogen-bond donors (Lipinski definition) is 1. The Morgan fingerprint density at radius 2 is 1.80 bits per heavy atom. The van der Waals surface area contributed by atoms with Crippen molar-refractivity contribution in [3.8, 4) is 11.5 Å². The van der Waals surface area contributed by atoms with Crippen LogP contribution in [0.15, 0.2) is 42.7 Å². The molecule has 7 heteroatoms. The van der Waals surface area contributed by atoms with Crippen LogP contribution < -0.4 is 14.8 Å². The van der Waals surface area contributed by atoms with E-state index in [2.05, 4.69) is 34.3 Å². The maximum absolute atomic E-state index is 12.9. The summed E-state index contributed by atoms with van der Waals surface area (Å²) in [5, 5.41) is 4.59. The van der Waals surface area contributed by atoms with Crippen LogP contribution in [0.25, 0.3) is 10.9 Å². The number of amides is 1. The van der Waals surface area contributed by atoms with Gasteiger partial charge in [0, 0.05) is 30.1 Å². The number of carbonyl (C=O) groups excluding carboxylic acids is 1. The minimum atomic E-state index is 0.0116. The fraction of sp³-hybridized carbons (Fsp3) is 0.348. The molecule has 7 nitrogen and oxygen atoms in total. The molecule has 1 amide bonds. The van der Waals surface area contributed by atoms with Crippen LogP contribution in [0.1, 0.15) is 28.8 Å². The first-order valence-corrected chi connectivity index (χ1v) is 10.1. The largest absolute Gasteiger partial charge is 0.493 e. The number of likely N-dealkylation sites (tertiary alicyclic amines) is 1. The van der Waals surface area contributed by atoms with Crippen molar-refractivity contribution in [1.29, 1.82) is 0 Å². The van der Waals surface area contributed by atoms with Crippen LogP contribution in [0.3, 0.4) is 0 Å². The number of fused-ring (bicyclic) bond motifs is 1. The van der Waals surface area contributed by atoms with Crippen molar-refractivity contribution in [2.45, 2.75) is 25.8 Å². The zero-order valence-electron chi connectivity index (χ0n) is 17.5. The zero-order chi connectivity index (χ0) is 21.1. The number of piperidine rings is 1. The Morgan fingerprint density at radius 3 is 2.53 bits per heavy atom. The molecule has 0 aliphatic carbocycles. The Bertz CT molecular complexity index is 1060. The number of aromatic nitrogens is 2. The second-order valence-electron chi connectivity index (χ2n) is 7.52. The van der Waals surface area contributed by atoms with Crippen molar-refractivity contribution in [1.82, 2.24) is 14.9 Å². The molecule has 3 aromatic rings. The van der Waals surface area contributed by atoms with E-state index in [0.29, 0.717) is 30.2 Å². The van der Waals surface area contributed by atoms with Gasteiger partial charge in [-0.15, -0.1) is 0 Å². The first-order chi connectivity index (χ1) is 14.6. The second kappa shape index (κ2) is 8.57. The first-order valence-electron chi connectivity index (χ1n) is 10.1. The normalized spacial score (nSPS) is 14.6. The van der Waals surface area contributed by atoms with Crippen LogP contribution in [-0.2, 0) is 0 Å². The van der Waals surface area contributed by atoms with Gasteiger partial charge in [-0.05, 0) is 50.1 Å². The molecule has 2 aromatic carbocycles. The molecule has 1 aliphatic heterocycles. The van der Waals surface area contributed by atoms with E-state index in [0.717, 1.165) is 29.6 Å². The van der Waals surface area contributed by atoms with Gasteiger partial charge in [-0.3, -0.25) is 4.79 Å². The Hall–Kier alpha value is -3.35. The van der Waals surface area contributed by atoms with Crippen LogP contribution in [0.4, 0.5) is 5.82 Å². The number of rotatable bonds is 5. The lowest BCUT2D eigenvalue weighted by molar-refractivity contribution is 0.0718. The highest BCUT2D eigenvalue weighted by atomic mass is 16.5. The average molecular weight is 406 g/mol. The van der Waals surface area contributed by atoms with Gasteiger partial charge < -0.3 is 19.7 Å². The van der Waals surface area contributed by atoms with Gasteiger partial charge in [0.15, 0.2) is 11.5 Å². The molecule has 0 unspecified atom stereocenters. The van der Waals surface area contributed by atoms with Crippen LogP contribution in [0.2, 0.25) is 0 Å². The van der Waals surface area contributed by atoms with E-state index in [1.807, 2.05) is 11.0 Å². The molecule has 1 aromatic heterocycles. The third kappa shape index (κ3) is 4.01. The topological polar surface area (TPSA) is 76.6 Å². The molecular weight excluding hydrogens is 380 g/mol. The summed E-state index contributed by atoms with van der Waals surface area (Å²) in [6, 6.07) is 11.7. The summed E-state index contributed by atoms with van der Waals surface area (Å²) in [6.45, 7) is 3.44. The van der Waals surface area contributed by atoms with Gasteiger partial charge in [-0.1, -0.05) is 11.6 Å². The van der Waals surface area contributed by atoms with Crippen molar-refractivity contribution >= 4 is 22.6 Å². The van der Waals surface area contributed by atoms with Crippen LogP contribution in [0, 0.1) is 6.92 Å². The minimum Gasteiger partial charge on any atom is -0.493 e. The highest BCUT2D eigenvalue weighted by Crippen LogP contribution is 2.29. The van der Waals surface area contributed by atoms with Crippen molar-refractivity contribution in [2.24, 2.45) is 0 Å². The molecule has 4 rings (SSSR count). The lowest BCUT2D eigenvalue weighted by atomic mass is 10.0. The number of nitrogens with zero attached hydrogens (tertiary/aromatic N) is 3. The molecule has 0 saturated carbocycles. The molecule has 1 N–H and O–H groups in total. The van der Waals surface area contributed by atoms with Crippen molar-refractivity contribution in [3.63, 3.8) is 0 Å². The molecule has 1 fully saturated rings. The Kier molecular flexibility index (Phi) is 5.70. The molecule has 1 saturated heterocycles. The van der Waals surface area contributed by atoms with Crippen LogP contribution >= 0.6 is 0 Å². The molecule has 1 aliphatic rings. The SMILES string of the molecule is COc1ccc(C(=O)N2CCC(Nc3ncnc4ccc(C)cc34)CC2)cc1OC. The summed E-state index contributed by atoms with van der Waals surface area (Å²) < 4.78 is 10.6. The van der Waals surface area contributed by atoms with Gasteiger partial charge in [0.2, 0.25) is 0 Å². The van der Waals surface area contributed by atoms with Gasteiger partial charge in [0.1, 0.15) is 12.1 Å². The standard InChI is InChI=1S/C23H26N4O3/c1-15-4-6-19-18(12-15)22(25-14-24-19)26-17-8-10-27(11-9-17)23(28)16-5-7-20(29-2)21(13-16)30-3/h4-7,12-14,17H,8-11H2,1-3H3,(H,24,25,26). The van der Waals surface area contributed by atoms with Crippen LogP contribution in [-0.4, -0.2) is 54.1 Å². The molecule has 0 bridgehead atoms. The summed E-state index contributed by atoms with van der Waals surface area (Å²) in [6.07, 6.45) is 3.31. The Balaban J connectivity index is 1.42. The van der Waals surface area contributed by atoms with Crippen molar-refractivity contribution in [3.05, 3.63) is 53.9 Å². The van der Waals surface area contributed by atoms with Crippen molar-refractivity contribution < 1.29 is 14.3 Å². The molecule has 0 spiro atoms.